The standard InChI is InChI=1S/C16H22FNO2/c1-20-10-9-16(19)18-15-4-2-3-13(15)11-12-5-7-14(17)8-6-12/h5-8,13,15H,2-4,9-11H2,1H3,(H,18,19)/t13-,15-/m1/s1. The third-order valence-electron chi connectivity index (χ3n) is 3.95. The van der Waals surface area contributed by atoms with Crippen molar-refractivity contribution in [2.75, 3.05) is 13.7 Å². The first-order chi connectivity index (χ1) is 9.69. The van der Waals surface area contributed by atoms with Gasteiger partial charge in [0.15, 0.2) is 0 Å². The maximum Gasteiger partial charge on any atom is 0.222 e. The lowest BCUT2D eigenvalue weighted by atomic mass is 9.94. The van der Waals surface area contributed by atoms with Crippen molar-refractivity contribution in [1.82, 2.24) is 5.32 Å². The molecule has 0 bridgehead atoms. The van der Waals surface area contributed by atoms with Crippen LogP contribution in [0.3, 0.4) is 0 Å². The molecule has 1 fully saturated rings. The van der Waals surface area contributed by atoms with E-state index in [-0.39, 0.29) is 17.8 Å². The predicted molar refractivity (Wildman–Crippen MR) is 75.9 cm³/mol. The van der Waals surface area contributed by atoms with Gasteiger partial charge in [0, 0.05) is 19.6 Å². The van der Waals surface area contributed by atoms with E-state index in [0.29, 0.717) is 18.9 Å². The Morgan fingerprint density at radius 1 is 1.35 bits per heavy atom. The Balaban J connectivity index is 1.87. The van der Waals surface area contributed by atoms with Crippen molar-refractivity contribution in [1.29, 1.82) is 0 Å². The first-order valence-electron chi connectivity index (χ1n) is 7.22. The van der Waals surface area contributed by atoms with Crippen molar-refractivity contribution >= 4 is 5.91 Å². The molecule has 0 aliphatic heterocycles. The minimum absolute atomic E-state index is 0.0582. The fourth-order valence-electron chi connectivity index (χ4n) is 2.87. The number of nitrogens with one attached hydrogen (secondary N) is 1. The van der Waals surface area contributed by atoms with Crippen LogP contribution in [-0.2, 0) is 16.0 Å². The summed E-state index contributed by atoms with van der Waals surface area (Å²) in [6.45, 7) is 0.460. The van der Waals surface area contributed by atoms with Crippen molar-refractivity contribution in [3.63, 3.8) is 0 Å². The Labute approximate surface area is 119 Å². The van der Waals surface area contributed by atoms with Crippen molar-refractivity contribution in [2.45, 2.75) is 38.1 Å². The van der Waals surface area contributed by atoms with Crippen molar-refractivity contribution < 1.29 is 13.9 Å². The molecule has 0 unspecified atom stereocenters. The zero-order valence-corrected chi connectivity index (χ0v) is 11.9. The quantitative estimate of drug-likeness (QED) is 0.869. The van der Waals surface area contributed by atoms with Crippen LogP contribution < -0.4 is 5.32 Å². The average Bonchev–Trinajstić information content (AvgIpc) is 2.86. The molecule has 0 aromatic heterocycles. The third kappa shape index (κ3) is 4.30. The van der Waals surface area contributed by atoms with Gasteiger partial charge < -0.3 is 10.1 Å². The molecule has 1 N–H and O–H groups in total. The van der Waals surface area contributed by atoms with E-state index in [1.807, 2.05) is 12.1 Å². The van der Waals surface area contributed by atoms with Crippen LogP contribution in [0, 0.1) is 11.7 Å². The second-order valence-corrected chi connectivity index (χ2v) is 5.44. The van der Waals surface area contributed by atoms with Crippen molar-refractivity contribution in [2.24, 2.45) is 5.92 Å². The zero-order chi connectivity index (χ0) is 14.4. The van der Waals surface area contributed by atoms with Crippen LogP contribution in [0.25, 0.3) is 0 Å². The maximum atomic E-state index is 12.9. The number of hydrogen-bond acceptors (Lipinski definition) is 2. The lowest BCUT2D eigenvalue weighted by Crippen LogP contribution is -2.38. The van der Waals surface area contributed by atoms with Gasteiger partial charge in [0.25, 0.3) is 0 Å². The second-order valence-electron chi connectivity index (χ2n) is 5.44. The van der Waals surface area contributed by atoms with Gasteiger partial charge in [0.1, 0.15) is 5.82 Å². The van der Waals surface area contributed by atoms with Crippen LogP contribution in [0.2, 0.25) is 0 Å². The minimum Gasteiger partial charge on any atom is -0.384 e. The summed E-state index contributed by atoms with van der Waals surface area (Å²) >= 11 is 0. The molecule has 2 rings (SSSR count). The van der Waals surface area contributed by atoms with E-state index in [1.165, 1.54) is 12.1 Å². The summed E-state index contributed by atoms with van der Waals surface area (Å²) in [7, 11) is 1.60. The number of ether oxygens (including phenoxy) is 1. The normalized spacial score (nSPS) is 21.9. The molecule has 1 saturated carbocycles. The number of carbonyl (C=O) groups excluding carboxylic acids is 1. The second kappa shape index (κ2) is 7.39. The lowest BCUT2D eigenvalue weighted by molar-refractivity contribution is -0.122. The molecule has 1 aromatic carbocycles. The van der Waals surface area contributed by atoms with E-state index in [4.69, 9.17) is 4.74 Å². The highest BCUT2D eigenvalue weighted by Gasteiger charge is 2.28. The molecule has 2 atom stereocenters. The Hall–Kier alpha value is -1.42. The Bertz CT molecular complexity index is 433. The number of hydrogen-bond donors (Lipinski definition) is 1. The number of rotatable bonds is 6. The molecule has 1 aliphatic carbocycles. The molecule has 110 valence electrons. The van der Waals surface area contributed by atoms with Crippen LogP contribution in [-0.4, -0.2) is 25.7 Å². The van der Waals surface area contributed by atoms with Crippen LogP contribution in [0.5, 0.6) is 0 Å². The first-order valence-corrected chi connectivity index (χ1v) is 7.22. The van der Waals surface area contributed by atoms with Crippen LogP contribution in [0.1, 0.15) is 31.2 Å². The molecular formula is C16H22FNO2. The first kappa shape index (κ1) is 15.0. The number of amides is 1. The molecule has 1 aromatic rings. The van der Waals surface area contributed by atoms with E-state index >= 15 is 0 Å². The highest BCUT2D eigenvalue weighted by molar-refractivity contribution is 5.76. The van der Waals surface area contributed by atoms with Gasteiger partial charge in [-0.1, -0.05) is 18.6 Å². The van der Waals surface area contributed by atoms with Crippen LogP contribution in [0.15, 0.2) is 24.3 Å². The SMILES string of the molecule is COCCC(=O)N[C@@H]1CCC[C@@H]1Cc1ccc(F)cc1. The molecular weight excluding hydrogens is 257 g/mol. The van der Waals surface area contributed by atoms with E-state index in [9.17, 15) is 9.18 Å². The molecule has 4 heteroatoms. The Kier molecular flexibility index (Phi) is 5.53. The molecule has 1 amide bonds. The van der Waals surface area contributed by atoms with Crippen LogP contribution >= 0.6 is 0 Å². The van der Waals surface area contributed by atoms with Gasteiger partial charge in [-0.15, -0.1) is 0 Å². The molecule has 0 radical (unpaired) electrons. The average molecular weight is 279 g/mol. The largest absolute Gasteiger partial charge is 0.384 e. The smallest absolute Gasteiger partial charge is 0.222 e. The highest BCUT2D eigenvalue weighted by atomic mass is 19.1. The highest BCUT2D eigenvalue weighted by Crippen LogP contribution is 2.29. The summed E-state index contributed by atoms with van der Waals surface area (Å²) in [4.78, 5) is 11.8. The number of carbonyl (C=O) groups is 1. The van der Waals surface area contributed by atoms with E-state index in [1.54, 1.807) is 7.11 Å². The molecule has 1 aliphatic rings. The van der Waals surface area contributed by atoms with Crippen molar-refractivity contribution in [3.05, 3.63) is 35.6 Å². The summed E-state index contributed by atoms with van der Waals surface area (Å²) in [6, 6.07) is 6.89. The molecule has 0 heterocycles. The van der Waals surface area contributed by atoms with Gasteiger partial charge in [-0.3, -0.25) is 4.79 Å². The fraction of sp³-hybridized carbons (Fsp3) is 0.562. The molecule has 0 spiro atoms. The monoisotopic (exact) mass is 279 g/mol. The van der Waals surface area contributed by atoms with E-state index in [0.717, 1.165) is 31.2 Å². The summed E-state index contributed by atoms with van der Waals surface area (Å²) < 4.78 is 17.8. The van der Waals surface area contributed by atoms with E-state index < -0.39 is 0 Å². The predicted octanol–water partition coefficient (Wildman–Crippen LogP) is 2.69. The summed E-state index contributed by atoms with van der Waals surface area (Å²) in [5.41, 5.74) is 1.13. The van der Waals surface area contributed by atoms with Gasteiger partial charge in [-0.25, -0.2) is 4.39 Å². The van der Waals surface area contributed by atoms with Gasteiger partial charge >= 0.3 is 0 Å². The van der Waals surface area contributed by atoms with Gasteiger partial charge in [0.2, 0.25) is 5.91 Å². The fourth-order valence-corrected chi connectivity index (χ4v) is 2.87. The number of benzene rings is 1. The molecule has 0 saturated heterocycles. The zero-order valence-electron chi connectivity index (χ0n) is 11.9. The minimum atomic E-state index is -0.204. The van der Waals surface area contributed by atoms with Crippen molar-refractivity contribution in [3.8, 4) is 0 Å². The summed E-state index contributed by atoms with van der Waals surface area (Å²) in [5.74, 6) is 0.305. The number of methoxy groups -OCH3 is 1. The third-order valence-corrected chi connectivity index (χ3v) is 3.95. The Morgan fingerprint density at radius 3 is 2.80 bits per heavy atom. The summed E-state index contributed by atoms with van der Waals surface area (Å²) in [5, 5.41) is 3.10. The number of halogens is 1. The maximum absolute atomic E-state index is 12.9. The lowest BCUT2D eigenvalue weighted by Gasteiger charge is -2.21. The topological polar surface area (TPSA) is 38.3 Å². The van der Waals surface area contributed by atoms with E-state index in [2.05, 4.69) is 5.32 Å². The van der Waals surface area contributed by atoms with Gasteiger partial charge in [-0.2, -0.15) is 0 Å². The summed E-state index contributed by atoms with van der Waals surface area (Å²) in [6.07, 6.45) is 4.60. The van der Waals surface area contributed by atoms with Gasteiger partial charge in [-0.05, 0) is 42.9 Å². The van der Waals surface area contributed by atoms with Gasteiger partial charge in [0.05, 0.1) is 6.61 Å². The molecule has 3 nitrogen and oxygen atoms in total. The molecule has 20 heavy (non-hydrogen) atoms. The van der Waals surface area contributed by atoms with Crippen LogP contribution in [0.4, 0.5) is 4.39 Å². The Morgan fingerprint density at radius 2 is 2.10 bits per heavy atom.